The molecule has 0 aliphatic heterocycles. The molecule has 0 radical (unpaired) electrons. The van der Waals surface area contributed by atoms with Crippen molar-refractivity contribution in [2.24, 2.45) is 0 Å². The minimum atomic E-state index is 0.0280. The van der Waals surface area contributed by atoms with Gasteiger partial charge in [0.25, 0.3) is 5.91 Å². The average molecular weight is 272 g/mol. The number of amides is 1. The maximum Gasteiger partial charge on any atom is 0.253 e. The summed E-state index contributed by atoms with van der Waals surface area (Å²) >= 11 is 0. The Bertz CT molecular complexity index is 562. The van der Waals surface area contributed by atoms with E-state index in [1.165, 1.54) is 0 Å². The van der Waals surface area contributed by atoms with Crippen LogP contribution >= 0.6 is 0 Å². The molecule has 0 N–H and O–H groups in total. The highest BCUT2D eigenvalue weighted by Crippen LogP contribution is 2.15. The van der Waals surface area contributed by atoms with Gasteiger partial charge in [0.05, 0.1) is 6.26 Å². The van der Waals surface area contributed by atoms with E-state index in [2.05, 4.69) is 0 Å². The van der Waals surface area contributed by atoms with E-state index in [1.54, 1.807) is 11.2 Å². The Kier molecular flexibility index (Phi) is 4.45. The van der Waals surface area contributed by atoms with Crippen LogP contribution in [0.15, 0.2) is 47.1 Å². The van der Waals surface area contributed by atoms with Crippen LogP contribution in [-0.4, -0.2) is 38.5 Å². The first kappa shape index (κ1) is 14.2. The molecule has 1 heterocycles. The zero-order valence-corrected chi connectivity index (χ0v) is 12.2. The monoisotopic (exact) mass is 272 g/mol. The van der Waals surface area contributed by atoms with Gasteiger partial charge in [0.1, 0.15) is 5.76 Å². The largest absolute Gasteiger partial charge is 0.469 e. The van der Waals surface area contributed by atoms with E-state index < -0.39 is 0 Å². The van der Waals surface area contributed by atoms with Crippen LogP contribution in [0.25, 0.3) is 0 Å². The normalized spacial score (nSPS) is 10.3. The molecule has 2 rings (SSSR count). The molecular weight excluding hydrogens is 252 g/mol. The molecule has 0 fully saturated rings. The summed E-state index contributed by atoms with van der Waals surface area (Å²) in [7, 11) is 5.74. The Morgan fingerprint density at radius 1 is 1.15 bits per heavy atom. The highest BCUT2D eigenvalue weighted by molar-refractivity contribution is 5.95. The van der Waals surface area contributed by atoms with Crippen LogP contribution in [0.1, 0.15) is 16.1 Å². The van der Waals surface area contributed by atoms with Gasteiger partial charge < -0.3 is 14.2 Å². The molecule has 0 aliphatic rings. The molecule has 4 heteroatoms. The van der Waals surface area contributed by atoms with Gasteiger partial charge in [-0.05, 0) is 30.3 Å². The average Bonchev–Trinajstić information content (AvgIpc) is 2.97. The molecule has 2 aromatic rings. The molecule has 0 aliphatic carbocycles. The summed E-state index contributed by atoms with van der Waals surface area (Å²) in [6, 6.07) is 11.4. The van der Waals surface area contributed by atoms with E-state index in [0.717, 1.165) is 17.9 Å². The summed E-state index contributed by atoms with van der Waals surface area (Å²) in [5, 5.41) is 0. The SMILES string of the molecule is CN(CCc1ccco1)C(=O)c1cccc(N(C)C)c1. The number of nitrogens with zero attached hydrogens (tertiary/aromatic N) is 2. The number of benzene rings is 1. The van der Waals surface area contributed by atoms with Crippen molar-refractivity contribution >= 4 is 11.6 Å². The quantitative estimate of drug-likeness (QED) is 0.839. The van der Waals surface area contributed by atoms with Crippen molar-refractivity contribution in [3.63, 3.8) is 0 Å². The number of anilines is 1. The Morgan fingerprint density at radius 3 is 2.60 bits per heavy atom. The third-order valence-corrected chi connectivity index (χ3v) is 3.23. The zero-order valence-electron chi connectivity index (χ0n) is 12.2. The summed E-state index contributed by atoms with van der Waals surface area (Å²) in [6.45, 7) is 0.637. The van der Waals surface area contributed by atoms with Gasteiger partial charge in [0, 0.05) is 45.4 Å². The van der Waals surface area contributed by atoms with E-state index in [-0.39, 0.29) is 5.91 Å². The van der Waals surface area contributed by atoms with E-state index >= 15 is 0 Å². The zero-order chi connectivity index (χ0) is 14.5. The summed E-state index contributed by atoms with van der Waals surface area (Å²) in [5.74, 6) is 0.923. The van der Waals surface area contributed by atoms with Crippen LogP contribution in [0.4, 0.5) is 5.69 Å². The van der Waals surface area contributed by atoms with Gasteiger partial charge in [0.15, 0.2) is 0 Å². The van der Waals surface area contributed by atoms with Crippen LogP contribution in [0.2, 0.25) is 0 Å². The molecular formula is C16H20N2O2. The van der Waals surface area contributed by atoms with Crippen LogP contribution in [0, 0.1) is 0 Å². The van der Waals surface area contributed by atoms with E-state index in [4.69, 9.17) is 4.42 Å². The number of hydrogen-bond acceptors (Lipinski definition) is 3. The number of rotatable bonds is 5. The molecule has 1 aromatic carbocycles. The van der Waals surface area contributed by atoms with Gasteiger partial charge in [-0.3, -0.25) is 4.79 Å². The third-order valence-electron chi connectivity index (χ3n) is 3.23. The predicted molar refractivity (Wildman–Crippen MR) is 80.1 cm³/mol. The fourth-order valence-electron chi connectivity index (χ4n) is 1.97. The first-order valence-electron chi connectivity index (χ1n) is 6.63. The summed E-state index contributed by atoms with van der Waals surface area (Å²) in [4.78, 5) is 16.1. The molecule has 0 atom stereocenters. The number of carbonyl (C=O) groups is 1. The van der Waals surface area contributed by atoms with Crippen LogP contribution in [0.3, 0.4) is 0 Å². The summed E-state index contributed by atoms with van der Waals surface area (Å²) in [6.07, 6.45) is 2.38. The minimum Gasteiger partial charge on any atom is -0.469 e. The van der Waals surface area contributed by atoms with Gasteiger partial charge in [-0.15, -0.1) is 0 Å². The van der Waals surface area contributed by atoms with Gasteiger partial charge >= 0.3 is 0 Å². The van der Waals surface area contributed by atoms with Crippen LogP contribution in [0.5, 0.6) is 0 Å². The maximum absolute atomic E-state index is 12.4. The first-order chi connectivity index (χ1) is 9.58. The topological polar surface area (TPSA) is 36.7 Å². The Labute approximate surface area is 119 Å². The third kappa shape index (κ3) is 3.41. The smallest absolute Gasteiger partial charge is 0.253 e. The van der Waals surface area contributed by atoms with Crippen molar-refractivity contribution in [1.82, 2.24) is 4.90 Å². The van der Waals surface area contributed by atoms with Crippen molar-refractivity contribution in [3.05, 3.63) is 54.0 Å². The number of likely N-dealkylation sites (N-methyl/N-ethyl adjacent to an activating group) is 1. The standard InChI is InChI=1S/C16H20N2O2/c1-17(2)14-7-4-6-13(12-14)16(19)18(3)10-9-15-8-5-11-20-15/h4-8,11-12H,9-10H2,1-3H3. The molecule has 1 aromatic heterocycles. The molecule has 1 amide bonds. The van der Waals surface area contributed by atoms with Crippen molar-refractivity contribution < 1.29 is 9.21 Å². The summed E-state index contributed by atoms with van der Waals surface area (Å²) < 4.78 is 5.28. The van der Waals surface area contributed by atoms with Crippen LogP contribution in [-0.2, 0) is 6.42 Å². The van der Waals surface area contributed by atoms with Gasteiger partial charge in [0.2, 0.25) is 0 Å². The first-order valence-corrected chi connectivity index (χ1v) is 6.63. The van der Waals surface area contributed by atoms with Crippen molar-refractivity contribution in [1.29, 1.82) is 0 Å². The molecule has 0 saturated heterocycles. The Morgan fingerprint density at radius 2 is 1.95 bits per heavy atom. The number of hydrogen-bond donors (Lipinski definition) is 0. The number of furan rings is 1. The van der Waals surface area contributed by atoms with E-state index in [1.807, 2.05) is 62.4 Å². The second-order valence-corrected chi connectivity index (χ2v) is 5.00. The molecule has 106 valence electrons. The minimum absolute atomic E-state index is 0.0280. The fraction of sp³-hybridized carbons (Fsp3) is 0.312. The second-order valence-electron chi connectivity index (χ2n) is 5.00. The summed E-state index contributed by atoms with van der Waals surface area (Å²) in [5.41, 5.74) is 1.73. The lowest BCUT2D eigenvalue weighted by Crippen LogP contribution is -2.28. The maximum atomic E-state index is 12.4. The highest BCUT2D eigenvalue weighted by Gasteiger charge is 2.12. The molecule has 4 nitrogen and oxygen atoms in total. The highest BCUT2D eigenvalue weighted by atomic mass is 16.3. The second kappa shape index (κ2) is 6.28. The lowest BCUT2D eigenvalue weighted by Gasteiger charge is -2.18. The molecule has 0 spiro atoms. The van der Waals surface area contributed by atoms with Gasteiger partial charge in [-0.25, -0.2) is 0 Å². The van der Waals surface area contributed by atoms with Gasteiger partial charge in [-0.2, -0.15) is 0 Å². The molecule has 0 bridgehead atoms. The Balaban J connectivity index is 2.01. The fourth-order valence-corrected chi connectivity index (χ4v) is 1.97. The van der Waals surface area contributed by atoms with Crippen molar-refractivity contribution in [3.8, 4) is 0 Å². The molecule has 20 heavy (non-hydrogen) atoms. The van der Waals surface area contributed by atoms with Gasteiger partial charge in [-0.1, -0.05) is 6.07 Å². The number of carbonyl (C=O) groups excluding carboxylic acids is 1. The van der Waals surface area contributed by atoms with E-state index in [9.17, 15) is 4.79 Å². The Hall–Kier alpha value is -2.23. The molecule has 0 saturated carbocycles. The molecule has 0 unspecified atom stereocenters. The van der Waals surface area contributed by atoms with Crippen molar-refractivity contribution in [2.75, 3.05) is 32.6 Å². The lowest BCUT2D eigenvalue weighted by molar-refractivity contribution is 0.0795. The van der Waals surface area contributed by atoms with Crippen LogP contribution < -0.4 is 4.90 Å². The predicted octanol–water partition coefficient (Wildman–Crippen LogP) is 2.66. The van der Waals surface area contributed by atoms with E-state index in [0.29, 0.717) is 12.1 Å². The lowest BCUT2D eigenvalue weighted by atomic mass is 10.1. The van der Waals surface area contributed by atoms with Crippen molar-refractivity contribution in [2.45, 2.75) is 6.42 Å².